The Morgan fingerprint density at radius 1 is 1.08 bits per heavy atom. The lowest BCUT2D eigenvalue weighted by Gasteiger charge is -2.06. The Labute approximate surface area is 150 Å². The molecule has 1 aromatic carbocycles. The Hall–Kier alpha value is -3.23. The number of carbonyl (C=O) groups excluding carboxylic acids is 3. The van der Waals surface area contributed by atoms with Crippen LogP contribution in [0.5, 0.6) is 0 Å². The molecular formula is C17H20N2O7. The molecular weight excluding hydrogens is 344 g/mol. The first kappa shape index (κ1) is 20.8. The van der Waals surface area contributed by atoms with E-state index in [1.807, 2.05) is 0 Å². The standard InChI is InChI=1S/C17H20N2O7/c1-4-25-14(21)10-13(20)15(17(23)26-5-2)19-18-12-9-7-6-8-11(12)16(22)24-3/h6-9,20H,4-5,10H2,1-3H3/b15-13+,19-18?. The molecule has 0 spiro atoms. The molecule has 0 aliphatic heterocycles. The second-order valence-corrected chi connectivity index (χ2v) is 4.71. The lowest BCUT2D eigenvalue weighted by molar-refractivity contribution is -0.142. The number of aliphatic hydroxyl groups is 1. The predicted molar refractivity (Wildman–Crippen MR) is 89.8 cm³/mol. The molecule has 9 nitrogen and oxygen atoms in total. The van der Waals surface area contributed by atoms with Gasteiger partial charge in [0.2, 0.25) is 5.70 Å². The summed E-state index contributed by atoms with van der Waals surface area (Å²) in [6.45, 7) is 3.33. The summed E-state index contributed by atoms with van der Waals surface area (Å²) in [4.78, 5) is 35.2. The van der Waals surface area contributed by atoms with Gasteiger partial charge >= 0.3 is 17.9 Å². The molecule has 1 aromatic rings. The highest BCUT2D eigenvalue weighted by Gasteiger charge is 2.20. The molecule has 1 N–H and O–H groups in total. The third-order valence-corrected chi connectivity index (χ3v) is 2.93. The van der Waals surface area contributed by atoms with Crippen LogP contribution in [0.15, 0.2) is 46.0 Å². The average molecular weight is 364 g/mol. The fraction of sp³-hybridized carbons (Fsp3) is 0.353. The van der Waals surface area contributed by atoms with Crippen molar-refractivity contribution in [3.05, 3.63) is 41.3 Å². The van der Waals surface area contributed by atoms with Gasteiger partial charge in [-0.1, -0.05) is 12.1 Å². The zero-order valence-electron chi connectivity index (χ0n) is 14.7. The van der Waals surface area contributed by atoms with Crippen LogP contribution >= 0.6 is 0 Å². The number of hydrogen-bond donors (Lipinski definition) is 1. The molecule has 0 unspecified atom stereocenters. The zero-order chi connectivity index (χ0) is 19.5. The van der Waals surface area contributed by atoms with Crippen molar-refractivity contribution in [1.82, 2.24) is 0 Å². The van der Waals surface area contributed by atoms with E-state index in [9.17, 15) is 19.5 Å². The second kappa shape index (κ2) is 10.6. The molecule has 0 heterocycles. The Morgan fingerprint density at radius 3 is 2.35 bits per heavy atom. The SMILES string of the molecule is CCOC(=O)C/C(O)=C(\N=Nc1ccccc1C(=O)OC)C(=O)OCC. The van der Waals surface area contributed by atoms with Crippen LogP contribution in [0.4, 0.5) is 5.69 Å². The molecule has 0 aromatic heterocycles. The van der Waals surface area contributed by atoms with Gasteiger partial charge in [-0.25, -0.2) is 9.59 Å². The van der Waals surface area contributed by atoms with Crippen LogP contribution in [0.1, 0.15) is 30.6 Å². The molecule has 26 heavy (non-hydrogen) atoms. The number of ether oxygens (including phenoxy) is 3. The van der Waals surface area contributed by atoms with Gasteiger partial charge < -0.3 is 19.3 Å². The van der Waals surface area contributed by atoms with Crippen molar-refractivity contribution < 1.29 is 33.7 Å². The topological polar surface area (TPSA) is 124 Å². The van der Waals surface area contributed by atoms with Gasteiger partial charge in [-0.3, -0.25) is 4.79 Å². The summed E-state index contributed by atoms with van der Waals surface area (Å²) in [6, 6.07) is 6.14. The van der Waals surface area contributed by atoms with Gasteiger partial charge in [0.15, 0.2) is 0 Å². The first-order chi connectivity index (χ1) is 12.4. The molecule has 1 rings (SSSR count). The van der Waals surface area contributed by atoms with E-state index in [0.717, 1.165) is 0 Å². The van der Waals surface area contributed by atoms with Gasteiger partial charge in [-0.15, -0.1) is 10.2 Å². The van der Waals surface area contributed by atoms with Crippen molar-refractivity contribution in [2.24, 2.45) is 10.2 Å². The molecule has 0 aliphatic rings. The number of azo groups is 1. The number of rotatable bonds is 8. The quantitative estimate of drug-likeness (QED) is 0.247. The Bertz CT molecular complexity index is 726. The molecule has 0 radical (unpaired) electrons. The smallest absolute Gasteiger partial charge is 0.362 e. The van der Waals surface area contributed by atoms with Crippen LogP contribution in [0.2, 0.25) is 0 Å². The van der Waals surface area contributed by atoms with Crippen LogP contribution in [-0.4, -0.2) is 43.3 Å². The molecule has 0 amide bonds. The summed E-state index contributed by atoms with van der Waals surface area (Å²) < 4.78 is 14.2. The van der Waals surface area contributed by atoms with Crippen molar-refractivity contribution in [3.63, 3.8) is 0 Å². The summed E-state index contributed by atoms with van der Waals surface area (Å²) in [5.41, 5.74) is -0.323. The number of hydrogen-bond acceptors (Lipinski definition) is 9. The summed E-state index contributed by atoms with van der Waals surface area (Å²) in [6.07, 6.45) is -0.570. The van der Waals surface area contributed by atoms with E-state index in [2.05, 4.69) is 15.0 Å². The van der Waals surface area contributed by atoms with E-state index >= 15 is 0 Å². The summed E-state index contributed by atoms with van der Waals surface area (Å²) in [5, 5.41) is 17.5. The molecule has 0 saturated carbocycles. The van der Waals surface area contributed by atoms with Gasteiger partial charge in [-0.2, -0.15) is 0 Å². The van der Waals surface area contributed by atoms with Gasteiger partial charge in [0, 0.05) is 0 Å². The molecule has 140 valence electrons. The highest BCUT2D eigenvalue weighted by atomic mass is 16.5. The lowest BCUT2D eigenvalue weighted by atomic mass is 10.2. The van der Waals surface area contributed by atoms with Crippen LogP contribution < -0.4 is 0 Å². The van der Waals surface area contributed by atoms with Crippen molar-refractivity contribution in [1.29, 1.82) is 0 Å². The van der Waals surface area contributed by atoms with Crippen LogP contribution in [0.25, 0.3) is 0 Å². The normalized spacial score (nSPS) is 11.7. The first-order valence-electron chi connectivity index (χ1n) is 7.78. The van der Waals surface area contributed by atoms with E-state index in [4.69, 9.17) is 9.47 Å². The number of methoxy groups -OCH3 is 1. The average Bonchev–Trinajstić information content (AvgIpc) is 2.62. The maximum atomic E-state index is 12.0. The molecule has 0 saturated heterocycles. The van der Waals surface area contributed by atoms with Gasteiger partial charge in [0.05, 0.1) is 25.9 Å². The Morgan fingerprint density at radius 2 is 1.73 bits per heavy atom. The second-order valence-electron chi connectivity index (χ2n) is 4.71. The number of esters is 3. The minimum Gasteiger partial charge on any atom is -0.509 e. The van der Waals surface area contributed by atoms with E-state index < -0.39 is 35.8 Å². The monoisotopic (exact) mass is 364 g/mol. The number of aliphatic hydroxyl groups excluding tert-OH is 1. The van der Waals surface area contributed by atoms with Crippen molar-refractivity contribution in [2.45, 2.75) is 20.3 Å². The molecule has 0 bridgehead atoms. The molecule has 0 fully saturated rings. The highest BCUT2D eigenvalue weighted by molar-refractivity contribution is 5.94. The van der Waals surface area contributed by atoms with E-state index in [0.29, 0.717) is 0 Å². The highest BCUT2D eigenvalue weighted by Crippen LogP contribution is 2.22. The summed E-state index contributed by atoms with van der Waals surface area (Å²) >= 11 is 0. The Kier molecular flexibility index (Phi) is 8.48. The molecule has 0 aliphatic carbocycles. The molecule has 9 heteroatoms. The third-order valence-electron chi connectivity index (χ3n) is 2.93. The maximum Gasteiger partial charge on any atom is 0.362 e. The van der Waals surface area contributed by atoms with Crippen LogP contribution in [0, 0.1) is 0 Å². The maximum absolute atomic E-state index is 12.0. The fourth-order valence-electron chi connectivity index (χ4n) is 1.80. The summed E-state index contributed by atoms with van der Waals surface area (Å²) in [5.74, 6) is -3.00. The fourth-order valence-corrected chi connectivity index (χ4v) is 1.80. The zero-order valence-corrected chi connectivity index (χ0v) is 14.7. The summed E-state index contributed by atoms with van der Waals surface area (Å²) in [7, 11) is 1.21. The van der Waals surface area contributed by atoms with Crippen molar-refractivity contribution >= 4 is 23.6 Å². The van der Waals surface area contributed by atoms with Gasteiger partial charge in [0.1, 0.15) is 17.9 Å². The van der Waals surface area contributed by atoms with E-state index in [1.165, 1.54) is 19.2 Å². The minimum atomic E-state index is -0.964. The minimum absolute atomic E-state index is 0.0310. The number of nitrogens with zero attached hydrogens (tertiary/aromatic N) is 2. The number of carbonyl (C=O) groups is 3. The largest absolute Gasteiger partial charge is 0.509 e. The van der Waals surface area contributed by atoms with Crippen LogP contribution in [0.3, 0.4) is 0 Å². The number of benzene rings is 1. The van der Waals surface area contributed by atoms with Gasteiger partial charge in [-0.05, 0) is 26.0 Å². The molecule has 0 atom stereocenters. The van der Waals surface area contributed by atoms with Crippen molar-refractivity contribution in [3.8, 4) is 0 Å². The third kappa shape index (κ3) is 6.00. The van der Waals surface area contributed by atoms with E-state index in [1.54, 1.807) is 26.0 Å². The van der Waals surface area contributed by atoms with Crippen molar-refractivity contribution in [2.75, 3.05) is 20.3 Å². The van der Waals surface area contributed by atoms with Gasteiger partial charge in [0.25, 0.3) is 0 Å². The first-order valence-corrected chi connectivity index (χ1v) is 7.78. The predicted octanol–water partition coefficient (Wildman–Crippen LogP) is 2.84. The Balaban J connectivity index is 3.22. The van der Waals surface area contributed by atoms with Crippen LogP contribution in [-0.2, 0) is 23.8 Å². The lowest BCUT2D eigenvalue weighted by Crippen LogP contribution is -2.12. The van der Waals surface area contributed by atoms with E-state index in [-0.39, 0.29) is 24.5 Å².